The number of aliphatic imine (C=N–C) groups is 1. The number of para-hydroxylation sites is 2. The Kier molecular flexibility index (Phi) is 9.86. The van der Waals surface area contributed by atoms with E-state index in [-0.39, 0.29) is 41.4 Å². The van der Waals surface area contributed by atoms with Gasteiger partial charge in [-0.15, -0.1) is 37.1 Å². The molecule has 2 aromatic carbocycles. The zero-order valence-corrected chi connectivity index (χ0v) is 18.3. The number of anilines is 1. The van der Waals surface area contributed by atoms with Crippen LogP contribution in [0, 0.1) is 0 Å². The van der Waals surface area contributed by atoms with Gasteiger partial charge in [0.25, 0.3) is 0 Å². The summed E-state index contributed by atoms with van der Waals surface area (Å²) < 4.78 is 51.7. The largest absolute Gasteiger partial charge is 0.573 e. The van der Waals surface area contributed by atoms with Gasteiger partial charge < -0.3 is 25.3 Å². The molecule has 0 unspecified atom stereocenters. The SMILES string of the molecule is COc1ccc(CCCN=C(N)Nc2ccccc2OC(F)(F)F)cc1OC.I. The second-order valence-electron chi connectivity index (χ2n) is 5.73. The predicted octanol–water partition coefficient (Wildman–Crippen LogP) is 4.58. The average Bonchev–Trinajstić information content (AvgIpc) is 2.65. The molecule has 10 heteroatoms. The van der Waals surface area contributed by atoms with Gasteiger partial charge in [0.05, 0.1) is 19.9 Å². The minimum atomic E-state index is -4.79. The summed E-state index contributed by atoms with van der Waals surface area (Å²) >= 11 is 0. The summed E-state index contributed by atoms with van der Waals surface area (Å²) in [5.74, 6) is 0.924. The van der Waals surface area contributed by atoms with Crippen LogP contribution in [0.25, 0.3) is 0 Å². The highest BCUT2D eigenvalue weighted by Gasteiger charge is 2.32. The molecule has 0 spiro atoms. The summed E-state index contributed by atoms with van der Waals surface area (Å²) in [5.41, 5.74) is 6.90. The van der Waals surface area contributed by atoms with Gasteiger partial charge in [-0.05, 0) is 42.7 Å². The molecule has 0 aromatic heterocycles. The van der Waals surface area contributed by atoms with Crippen molar-refractivity contribution in [1.29, 1.82) is 0 Å². The van der Waals surface area contributed by atoms with Gasteiger partial charge in [0.2, 0.25) is 0 Å². The maximum atomic E-state index is 12.4. The van der Waals surface area contributed by atoms with Gasteiger partial charge in [-0.25, -0.2) is 0 Å². The monoisotopic (exact) mass is 525 g/mol. The fraction of sp³-hybridized carbons (Fsp3) is 0.316. The fourth-order valence-electron chi connectivity index (χ4n) is 2.48. The lowest BCUT2D eigenvalue weighted by Crippen LogP contribution is -2.24. The van der Waals surface area contributed by atoms with E-state index in [0.717, 1.165) is 12.0 Å². The van der Waals surface area contributed by atoms with Gasteiger partial charge in [0.1, 0.15) is 0 Å². The van der Waals surface area contributed by atoms with Crippen LogP contribution in [0.4, 0.5) is 18.9 Å². The van der Waals surface area contributed by atoms with Crippen LogP contribution in [0.3, 0.4) is 0 Å². The van der Waals surface area contributed by atoms with E-state index >= 15 is 0 Å². The molecule has 0 atom stereocenters. The average molecular weight is 525 g/mol. The van der Waals surface area contributed by atoms with E-state index in [2.05, 4.69) is 15.0 Å². The number of halogens is 4. The van der Waals surface area contributed by atoms with Gasteiger partial charge in [0.15, 0.2) is 23.2 Å². The second-order valence-corrected chi connectivity index (χ2v) is 5.73. The van der Waals surface area contributed by atoms with Crippen molar-refractivity contribution in [2.24, 2.45) is 10.7 Å². The number of rotatable bonds is 8. The van der Waals surface area contributed by atoms with Gasteiger partial charge in [-0.3, -0.25) is 4.99 Å². The summed E-state index contributed by atoms with van der Waals surface area (Å²) in [5, 5.41) is 2.63. The molecule has 0 amide bonds. The number of nitrogens with zero attached hydrogens (tertiary/aromatic N) is 1. The topological polar surface area (TPSA) is 78.1 Å². The minimum Gasteiger partial charge on any atom is -0.493 e. The molecule has 0 heterocycles. The van der Waals surface area contributed by atoms with Crippen LogP contribution in [-0.4, -0.2) is 33.1 Å². The van der Waals surface area contributed by atoms with Gasteiger partial charge in [-0.1, -0.05) is 18.2 Å². The zero-order valence-electron chi connectivity index (χ0n) is 16.0. The molecule has 0 saturated carbocycles. The van der Waals surface area contributed by atoms with Crippen molar-refractivity contribution in [2.45, 2.75) is 19.2 Å². The van der Waals surface area contributed by atoms with Crippen LogP contribution < -0.4 is 25.3 Å². The molecule has 3 N–H and O–H groups in total. The molecule has 6 nitrogen and oxygen atoms in total. The van der Waals surface area contributed by atoms with E-state index in [4.69, 9.17) is 15.2 Å². The molecule has 2 rings (SSSR count). The van der Waals surface area contributed by atoms with Crippen LogP contribution >= 0.6 is 24.0 Å². The Morgan fingerprint density at radius 3 is 2.38 bits per heavy atom. The quantitative estimate of drug-likeness (QED) is 0.229. The van der Waals surface area contributed by atoms with Crippen molar-refractivity contribution in [3.8, 4) is 17.2 Å². The molecular weight excluding hydrogens is 502 g/mol. The van der Waals surface area contributed by atoms with E-state index < -0.39 is 6.36 Å². The molecule has 2 aromatic rings. The molecule has 0 aliphatic heterocycles. The van der Waals surface area contributed by atoms with Crippen LogP contribution in [0.15, 0.2) is 47.5 Å². The van der Waals surface area contributed by atoms with E-state index in [0.29, 0.717) is 24.5 Å². The van der Waals surface area contributed by atoms with Crippen molar-refractivity contribution < 1.29 is 27.4 Å². The maximum Gasteiger partial charge on any atom is 0.573 e. The Labute approximate surface area is 184 Å². The normalized spacial score (nSPS) is 11.4. The number of guanidine groups is 1. The summed E-state index contributed by atoms with van der Waals surface area (Å²) in [6, 6.07) is 11.3. The Balaban J connectivity index is 0.00000420. The van der Waals surface area contributed by atoms with Gasteiger partial charge >= 0.3 is 6.36 Å². The second kappa shape index (κ2) is 11.6. The minimum absolute atomic E-state index is 0. The maximum absolute atomic E-state index is 12.4. The first-order valence-corrected chi connectivity index (χ1v) is 8.45. The van der Waals surface area contributed by atoms with Crippen molar-refractivity contribution in [3.05, 3.63) is 48.0 Å². The first kappa shape index (κ1) is 24.7. The third-order valence-electron chi connectivity index (χ3n) is 3.73. The van der Waals surface area contributed by atoms with Gasteiger partial charge in [0, 0.05) is 6.54 Å². The highest BCUT2D eigenvalue weighted by molar-refractivity contribution is 14.0. The first-order valence-electron chi connectivity index (χ1n) is 8.45. The summed E-state index contributed by atoms with van der Waals surface area (Å²) in [6.45, 7) is 0.398. The number of methoxy groups -OCH3 is 2. The molecule has 0 fully saturated rings. The highest BCUT2D eigenvalue weighted by Crippen LogP contribution is 2.30. The van der Waals surface area contributed by atoms with Crippen molar-refractivity contribution in [3.63, 3.8) is 0 Å². The van der Waals surface area contributed by atoms with Crippen LogP contribution in [0.5, 0.6) is 17.2 Å². The molecule has 0 aliphatic carbocycles. The predicted molar refractivity (Wildman–Crippen MR) is 117 cm³/mol. The Hall–Kier alpha value is -2.37. The van der Waals surface area contributed by atoms with Gasteiger partial charge in [-0.2, -0.15) is 0 Å². The van der Waals surface area contributed by atoms with Crippen LogP contribution in [0.1, 0.15) is 12.0 Å². The van der Waals surface area contributed by atoms with Crippen molar-refractivity contribution in [2.75, 3.05) is 26.1 Å². The van der Waals surface area contributed by atoms with E-state index in [1.807, 2.05) is 18.2 Å². The summed E-state index contributed by atoms with van der Waals surface area (Å²) in [6.07, 6.45) is -3.37. The van der Waals surface area contributed by atoms with Crippen LogP contribution in [0.2, 0.25) is 0 Å². The number of benzene rings is 2. The summed E-state index contributed by atoms with van der Waals surface area (Å²) in [4.78, 5) is 4.14. The summed E-state index contributed by atoms with van der Waals surface area (Å²) in [7, 11) is 3.14. The van der Waals surface area contributed by atoms with Crippen molar-refractivity contribution in [1.82, 2.24) is 0 Å². The van der Waals surface area contributed by atoms with E-state index in [1.54, 1.807) is 20.3 Å². The Bertz CT molecular complexity index is 817. The van der Waals surface area contributed by atoms with E-state index in [1.165, 1.54) is 18.2 Å². The van der Waals surface area contributed by atoms with Crippen LogP contribution in [-0.2, 0) is 6.42 Å². The van der Waals surface area contributed by atoms with E-state index in [9.17, 15) is 13.2 Å². The molecule has 0 aliphatic rings. The lowest BCUT2D eigenvalue weighted by molar-refractivity contribution is -0.274. The molecule has 0 radical (unpaired) electrons. The standard InChI is InChI=1S/C19H22F3N3O3.HI/c1-26-16-10-9-13(12-17(16)27-2)6-5-11-24-18(23)25-14-7-3-4-8-15(14)28-19(20,21)22;/h3-4,7-10,12H,5-6,11H2,1-2H3,(H3,23,24,25);1H. The molecule has 0 bridgehead atoms. The first-order chi connectivity index (χ1) is 13.3. The number of ether oxygens (including phenoxy) is 3. The Morgan fingerprint density at radius 1 is 1.03 bits per heavy atom. The third-order valence-corrected chi connectivity index (χ3v) is 3.73. The lowest BCUT2D eigenvalue weighted by Gasteiger charge is -2.14. The molecule has 29 heavy (non-hydrogen) atoms. The number of hydrogen-bond donors (Lipinski definition) is 2. The number of aryl methyl sites for hydroxylation is 1. The molecule has 0 saturated heterocycles. The van der Waals surface area contributed by atoms with Crippen molar-refractivity contribution >= 4 is 35.6 Å². The number of alkyl halides is 3. The fourth-order valence-corrected chi connectivity index (χ4v) is 2.48. The number of hydrogen-bond acceptors (Lipinski definition) is 4. The number of nitrogens with one attached hydrogen (secondary N) is 1. The smallest absolute Gasteiger partial charge is 0.493 e. The Morgan fingerprint density at radius 2 is 1.72 bits per heavy atom. The third kappa shape index (κ3) is 8.26. The lowest BCUT2D eigenvalue weighted by atomic mass is 10.1. The molecular formula is C19H23F3IN3O3. The molecule has 160 valence electrons. The zero-order chi connectivity index (χ0) is 20.6. The number of nitrogens with two attached hydrogens (primary N) is 1. The highest BCUT2D eigenvalue weighted by atomic mass is 127.